The summed E-state index contributed by atoms with van der Waals surface area (Å²) in [4.78, 5) is 0. The van der Waals surface area contributed by atoms with Crippen LogP contribution in [-0.2, 0) is 0 Å². The first kappa shape index (κ1) is 14.1. The average Bonchev–Trinajstić information content (AvgIpc) is 2.62. The zero-order chi connectivity index (χ0) is 14.2. The highest BCUT2D eigenvalue weighted by Gasteiger charge is 2.44. The van der Waals surface area contributed by atoms with Gasteiger partial charge in [0.1, 0.15) is 11.7 Å². The normalized spacial score (nSPS) is 30.1. The third-order valence-corrected chi connectivity index (χ3v) is 4.43. The Hall–Kier alpha value is -1.28. The maximum Gasteiger partial charge on any atom is 0.108 e. The molecule has 1 saturated carbocycles. The summed E-state index contributed by atoms with van der Waals surface area (Å²) in [5, 5.41) is 32.5. The smallest absolute Gasteiger partial charge is 0.108 e. The van der Waals surface area contributed by atoms with E-state index in [-0.39, 0.29) is 6.04 Å². The van der Waals surface area contributed by atoms with Gasteiger partial charge in [-0.15, -0.1) is 0 Å². The number of nitriles is 1. The molecule has 2 rings (SSSR count). The van der Waals surface area contributed by atoms with Crippen LogP contribution >= 0.6 is 11.6 Å². The molecule has 1 fully saturated rings. The van der Waals surface area contributed by atoms with E-state index in [1.807, 2.05) is 13.0 Å². The predicted molar refractivity (Wildman–Crippen MR) is 74.2 cm³/mol. The first-order valence-corrected chi connectivity index (χ1v) is 6.62. The Morgan fingerprint density at radius 3 is 2.68 bits per heavy atom. The predicted octanol–water partition coefficient (Wildman–Crippen LogP) is 2.21. The van der Waals surface area contributed by atoms with E-state index >= 15 is 0 Å². The van der Waals surface area contributed by atoms with Crippen LogP contribution in [0.25, 0.3) is 0 Å². The number of halogens is 1. The van der Waals surface area contributed by atoms with Crippen LogP contribution in [0, 0.1) is 18.3 Å². The average molecular weight is 281 g/mol. The molecule has 1 aliphatic carbocycles. The lowest BCUT2D eigenvalue weighted by Gasteiger charge is -2.30. The Morgan fingerprint density at radius 1 is 1.47 bits per heavy atom. The van der Waals surface area contributed by atoms with Crippen LogP contribution in [0.1, 0.15) is 30.9 Å². The molecular weight excluding hydrogens is 264 g/mol. The molecule has 0 aromatic heterocycles. The van der Waals surface area contributed by atoms with E-state index in [0.717, 1.165) is 11.3 Å². The van der Waals surface area contributed by atoms with Gasteiger partial charge >= 0.3 is 0 Å². The molecule has 0 unspecified atom stereocenters. The second-order valence-electron chi connectivity index (χ2n) is 5.23. The van der Waals surface area contributed by atoms with E-state index in [4.69, 9.17) is 16.9 Å². The highest BCUT2D eigenvalue weighted by atomic mass is 35.5. The number of aliphatic hydroxyl groups excluding tert-OH is 1. The van der Waals surface area contributed by atoms with Crippen molar-refractivity contribution in [1.82, 2.24) is 0 Å². The number of hydrogen-bond donors (Lipinski definition) is 3. The van der Waals surface area contributed by atoms with Crippen molar-refractivity contribution in [2.45, 2.75) is 44.4 Å². The summed E-state index contributed by atoms with van der Waals surface area (Å²) < 4.78 is 0. The van der Waals surface area contributed by atoms with Gasteiger partial charge in [0.25, 0.3) is 0 Å². The summed E-state index contributed by atoms with van der Waals surface area (Å²) in [7, 11) is 0. The van der Waals surface area contributed by atoms with Gasteiger partial charge in [-0.1, -0.05) is 11.6 Å². The zero-order valence-corrected chi connectivity index (χ0v) is 11.7. The van der Waals surface area contributed by atoms with E-state index in [1.54, 1.807) is 19.1 Å². The molecule has 0 heterocycles. The summed E-state index contributed by atoms with van der Waals surface area (Å²) >= 11 is 6.11. The van der Waals surface area contributed by atoms with E-state index in [2.05, 4.69) is 5.32 Å². The SMILES string of the molecule is Cc1c(N[C@H]2CC[C@H](O)[C@]2(C)O)ccc(C#N)c1Cl. The van der Waals surface area contributed by atoms with Crippen LogP contribution in [0.15, 0.2) is 12.1 Å². The third-order valence-electron chi connectivity index (χ3n) is 3.95. The number of rotatable bonds is 2. The van der Waals surface area contributed by atoms with E-state index < -0.39 is 11.7 Å². The fourth-order valence-electron chi connectivity index (χ4n) is 2.47. The lowest BCUT2D eigenvalue weighted by atomic mass is 9.97. The number of aliphatic hydroxyl groups is 2. The largest absolute Gasteiger partial charge is 0.390 e. The van der Waals surface area contributed by atoms with Gasteiger partial charge < -0.3 is 15.5 Å². The topological polar surface area (TPSA) is 76.3 Å². The Bertz CT molecular complexity index is 537. The van der Waals surface area contributed by atoms with E-state index in [9.17, 15) is 10.2 Å². The number of benzene rings is 1. The fourth-order valence-corrected chi connectivity index (χ4v) is 2.68. The third kappa shape index (κ3) is 2.42. The minimum Gasteiger partial charge on any atom is -0.390 e. The quantitative estimate of drug-likeness (QED) is 0.776. The summed E-state index contributed by atoms with van der Waals surface area (Å²) in [5.41, 5.74) is 0.830. The van der Waals surface area contributed by atoms with E-state index in [0.29, 0.717) is 23.4 Å². The molecule has 3 N–H and O–H groups in total. The lowest BCUT2D eigenvalue weighted by molar-refractivity contribution is -0.0438. The van der Waals surface area contributed by atoms with Crippen molar-refractivity contribution in [1.29, 1.82) is 5.26 Å². The van der Waals surface area contributed by atoms with Crippen LogP contribution in [0.3, 0.4) is 0 Å². The molecule has 0 saturated heterocycles. The monoisotopic (exact) mass is 280 g/mol. The van der Waals surface area contributed by atoms with Gasteiger partial charge in [0.2, 0.25) is 0 Å². The Balaban J connectivity index is 2.26. The Labute approximate surface area is 117 Å². The van der Waals surface area contributed by atoms with Gasteiger partial charge in [-0.05, 0) is 44.4 Å². The summed E-state index contributed by atoms with van der Waals surface area (Å²) in [6.07, 6.45) is 0.526. The van der Waals surface area contributed by atoms with Gasteiger partial charge in [0.05, 0.1) is 22.7 Å². The molecule has 1 aromatic rings. The van der Waals surface area contributed by atoms with Gasteiger partial charge in [-0.2, -0.15) is 5.26 Å². The van der Waals surface area contributed by atoms with Crippen LogP contribution in [0.4, 0.5) is 5.69 Å². The van der Waals surface area contributed by atoms with Gasteiger partial charge in [0, 0.05) is 5.69 Å². The van der Waals surface area contributed by atoms with Crippen LogP contribution < -0.4 is 5.32 Å². The number of nitrogens with zero attached hydrogens (tertiary/aromatic N) is 1. The molecule has 5 heteroatoms. The van der Waals surface area contributed by atoms with Gasteiger partial charge in [-0.25, -0.2) is 0 Å². The summed E-state index contributed by atoms with van der Waals surface area (Å²) in [6.45, 7) is 3.45. The molecular formula is C14H17ClN2O2. The van der Waals surface area contributed by atoms with Crippen molar-refractivity contribution >= 4 is 17.3 Å². The minimum atomic E-state index is -1.16. The molecule has 0 amide bonds. The second-order valence-corrected chi connectivity index (χ2v) is 5.61. The minimum absolute atomic E-state index is 0.231. The Kier molecular flexibility index (Phi) is 3.73. The molecule has 19 heavy (non-hydrogen) atoms. The maximum atomic E-state index is 10.2. The van der Waals surface area contributed by atoms with Crippen molar-refractivity contribution in [3.63, 3.8) is 0 Å². The molecule has 0 bridgehead atoms. The molecule has 0 radical (unpaired) electrons. The van der Waals surface area contributed by atoms with Crippen molar-refractivity contribution in [3.8, 4) is 6.07 Å². The molecule has 3 atom stereocenters. The van der Waals surface area contributed by atoms with E-state index in [1.165, 1.54) is 0 Å². The molecule has 102 valence electrons. The van der Waals surface area contributed by atoms with Crippen LogP contribution in [-0.4, -0.2) is 28.0 Å². The first-order valence-electron chi connectivity index (χ1n) is 6.24. The summed E-state index contributed by atoms with van der Waals surface area (Å²) in [5.74, 6) is 0. The van der Waals surface area contributed by atoms with Crippen molar-refractivity contribution in [2.75, 3.05) is 5.32 Å². The Morgan fingerprint density at radius 2 is 2.16 bits per heavy atom. The number of anilines is 1. The van der Waals surface area contributed by atoms with Crippen molar-refractivity contribution < 1.29 is 10.2 Å². The van der Waals surface area contributed by atoms with Crippen molar-refractivity contribution in [3.05, 3.63) is 28.3 Å². The lowest BCUT2D eigenvalue weighted by Crippen LogP contribution is -2.46. The van der Waals surface area contributed by atoms with Crippen LogP contribution in [0.5, 0.6) is 0 Å². The number of nitrogens with one attached hydrogen (secondary N) is 1. The maximum absolute atomic E-state index is 10.2. The molecule has 4 nitrogen and oxygen atoms in total. The second kappa shape index (κ2) is 5.01. The van der Waals surface area contributed by atoms with Gasteiger partial charge in [-0.3, -0.25) is 0 Å². The molecule has 1 aliphatic rings. The zero-order valence-electron chi connectivity index (χ0n) is 10.9. The van der Waals surface area contributed by atoms with Crippen molar-refractivity contribution in [2.24, 2.45) is 0 Å². The summed E-state index contributed by atoms with van der Waals surface area (Å²) in [6, 6.07) is 5.23. The highest BCUT2D eigenvalue weighted by molar-refractivity contribution is 6.32. The fraction of sp³-hybridized carbons (Fsp3) is 0.500. The highest BCUT2D eigenvalue weighted by Crippen LogP contribution is 2.34. The van der Waals surface area contributed by atoms with Gasteiger partial charge in [0.15, 0.2) is 0 Å². The first-order chi connectivity index (χ1) is 8.87. The molecule has 1 aromatic carbocycles. The van der Waals surface area contributed by atoms with Crippen LogP contribution in [0.2, 0.25) is 5.02 Å². The standard InChI is InChI=1S/C14H17ClN2O2/c1-8-10(4-3-9(7-16)13(8)15)17-11-5-6-12(18)14(11,2)19/h3-4,11-12,17-19H,5-6H2,1-2H3/t11-,12-,14+/m0/s1. The molecule has 0 aliphatic heterocycles. The number of hydrogen-bond acceptors (Lipinski definition) is 4. The molecule has 0 spiro atoms.